The molecule has 36 heavy (non-hydrogen) atoms. The van der Waals surface area contributed by atoms with E-state index in [4.69, 9.17) is 5.11 Å². The summed E-state index contributed by atoms with van der Waals surface area (Å²) < 4.78 is 0. The molecule has 0 atom stereocenters. The molecule has 0 bridgehead atoms. The van der Waals surface area contributed by atoms with Crippen LogP contribution in [0.3, 0.4) is 0 Å². The highest BCUT2D eigenvalue weighted by atomic mass is 16.4. The van der Waals surface area contributed by atoms with Gasteiger partial charge in [0, 0.05) is 0 Å². The van der Waals surface area contributed by atoms with E-state index < -0.39 is 23.9 Å². The maximum atomic E-state index is 11.9. The van der Waals surface area contributed by atoms with E-state index in [0.29, 0.717) is 27.6 Å². The van der Waals surface area contributed by atoms with Crippen molar-refractivity contribution >= 4 is 46.8 Å². The van der Waals surface area contributed by atoms with Gasteiger partial charge in [-0.2, -0.15) is 0 Å². The summed E-state index contributed by atoms with van der Waals surface area (Å²) in [6.45, 7) is 0. The maximum absolute atomic E-state index is 11.9. The zero-order valence-corrected chi connectivity index (χ0v) is 18.5. The van der Waals surface area contributed by atoms with Crippen molar-refractivity contribution < 1.29 is 39.6 Å². The molecule has 0 unspecified atom stereocenters. The molecule has 178 valence electrons. The van der Waals surface area contributed by atoms with Crippen LogP contribution in [0.25, 0.3) is 34.1 Å². The van der Waals surface area contributed by atoms with Gasteiger partial charge in [0.1, 0.15) is 0 Å². The minimum atomic E-state index is -1.26. The topological polar surface area (TPSA) is 149 Å². The van der Waals surface area contributed by atoms with E-state index >= 15 is 0 Å². The SMILES string of the molecule is O=C(O)c1ccc(/C=C\c2ccc(-c3ccc(C(=O)O)cc3C(=O)O)c3ccccc23)c(C(=O)O)c1. The van der Waals surface area contributed by atoms with Gasteiger partial charge in [-0.15, -0.1) is 0 Å². The zero-order valence-electron chi connectivity index (χ0n) is 18.5. The van der Waals surface area contributed by atoms with Gasteiger partial charge in [0.15, 0.2) is 0 Å². The monoisotopic (exact) mass is 482 g/mol. The van der Waals surface area contributed by atoms with E-state index in [0.717, 1.165) is 17.5 Å². The fourth-order valence-electron chi connectivity index (χ4n) is 3.99. The first kappa shape index (κ1) is 23.9. The maximum Gasteiger partial charge on any atom is 0.336 e. The van der Waals surface area contributed by atoms with E-state index in [1.807, 2.05) is 12.1 Å². The lowest BCUT2D eigenvalue weighted by Gasteiger charge is -2.13. The molecule has 0 amide bonds. The van der Waals surface area contributed by atoms with Crippen LogP contribution in [0, 0.1) is 0 Å². The largest absolute Gasteiger partial charge is 0.478 e. The third-order valence-corrected chi connectivity index (χ3v) is 5.72. The third kappa shape index (κ3) is 4.55. The molecule has 0 radical (unpaired) electrons. The molecule has 0 saturated heterocycles. The number of carboxylic acids is 4. The normalized spacial score (nSPS) is 11.0. The molecule has 0 aromatic heterocycles. The highest BCUT2D eigenvalue weighted by molar-refractivity contribution is 6.07. The van der Waals surface area contributed by atoms with Gasteiger partial charge in [-0.25, -0.2) is 19.2 Å². The smallest absolute Gasteiger partial charge is 0.336 e. The number of carbonyl (C=O) groups is 4. The van der Waals surface area contributed by atoms with Crippen LogP contribution in [0.4, 0.5) is 0 Å². The van der Waals surface area contributed by atoms with Gasteiger partial charge in [0.25, 0.3) is 0 Å². The van der Waals surface area contributed by atoms with Crippen LogP contribution in [-0.2, 0) is 0 Å². The van der Waals surface area contributed by atoms with Gasteiger partial charge in [0.2, 0.25) is 0 Å². The van der Waals surface area contributed by atoms with Crippen molar-refractivity contribution in [3.63, 3.8) is 0 Å². The fraction of sp³-hybridized carbons (Fsp3) is 0. The number of hydrogen-bond acceptors (Lipinski definition) is 4. The lowest BCUT2D eigenvalue weighted by atomic mass is 9.91. The first-order chi connectivity index (χ1) is 17.2. The second kappa shape index (κ2) is 9.55. The number of benzene rings is 4. The average Bonchev–Trinajstić information content (AvgIpc) is 2.86. The summed E-state index contributed by atoms with van der Waals surface area (Å²) >= 11 is 0. The molecule has 4 aromatic carbocycles. The van der Waals surface area contributed by atoms with Crippen molar-refractivity contribution in [2.24, 2.45) is 0 Å². The number of carboxylic acid groups (broad SMARTS) is 4. The molecule has 0 heterocycles. The predicted octanol–water partition coefficient (Wildman–Crippen LogP) is 5.47. The average molecular weight is 482 g/mol. The molecule has 8 nitrogen and oxygen atoms in total. The molecule has 8 heteroatoms. The standard InChI is InChI=1S/C28H18O8/c29-25(30)17-8-7-16(23(13-17)27(33)34)6-5-15-9-11-21(20-4-2-1-3-19(15)20)22-12-10-18(26(31)32)14-24(22)28(35)36/h1-14H,(H,29,30)(H,31,32)(H,33,34)(H,35,36)/b6-5-. The number of aromatic carboxylic acids is 4. The minimum Gasteiger partial charge on any atom is -0.478 e. The van der Waals surface area contributed by atoms with Crippen LogP contribution in [0.1, 0.15) is 52.6 Å². The number of fused-ring (bicyclic) bond motifs is 1. The van der Waals surface area contributed by atoms with Crippen LogP contribution in [-0.4, -0.2) is 44.3 Å². The zero-order chi connectivity index (χ0) is 26.0. The molecule has 0 aliphatic heterocycles. The van der Waals surface area contributed by atoms with Gasteiger partial charge < -0.3 is 20.4 Å². The second-order valence-electron chi connectivity index (χ2n) is 7.86. The Morgan fingerprint density at radius 1 is 0.500 bits per heavy atom. The molecular formula is C28H18O8. The summed E-state index contributed by atoms with van der Waals surface area (Å²) in [5.74, 6) is -4.98. The van der Waals surface area contributed by atoms with Crippen LogP contribution >= 0.6 is 0 Å². The van der Waals surface area contributed by atoms with Gasteiger partial charge in [-0.05, 0) is 57.3 Å². The van der Waals surface area contributed by atoms with Crippen LogP contribution < -0.4 is 0 Å². The Morgan fingerprint density at radius 2 is 1.00 bits per heavy atom. The molecular weight excluding hydrogens is 464 g/mol. The molecule has 0 fully saturated rings. The molecule has 4 N–H and O–H groups in total. The summed E-state index contributed by atoms with van der Waals surface area (Å²) in [5.41, 5.74) is 1.41. The third-order valence-electron chi connectivity index (χ3n) is 5.72. The number of rotatable bonds is 7. The van der Waals surface area contributed by atoms with E-state index in [9.17, 15) is 34.5 Å². The molecule has 4 aromatic rings. The van der Waals surface area contributed by atoms with Crippen molar-refractivity contribution in [1.82, 2.24) is 0 Å². The Balaban J connectivity index is 1.84. The van der Waals surface area contributed by atoms with E-state index in [1.54, 1.807) is 36.4 Å². The first-order valence-electron chi connectivity index (χ1n) is 10.6. The van der Waals surface area contributed by atoms with Crippen LogP contribution in [0.15, 0.2) is 72.8 Å². The molecule has 0 aliphatic carbocycles. The van der Waals surface area contributed by atoms with Crippen molar-refractivity contribution in [3.05, 3.63) is 106 Å². The van der Waals surface area contributed by atoms with Crippen molar-refractivity contribution in [2.75, 3.05) is 0 Å². The van der Waals surface area contributed by atoms with E-state index in [1.165, 1.54) is 24.3 Å². The van der Waals surface area contributed by atoms with Gasteiger partial charge >= 0.3 is 23.9 Å². The van der Waals surface area contributed by atoms with Gasteiger partial charge in [0.05, 0.1) is 22.3 Å². The summed E-state index contributed by atoms with van der Waals surface area (Å²) in [6.07, 6.45) is 3.26. The second-order valence-corrected chi connectivity index (χ2v) is 7.86. The van der Waals surface area contributed by atoms with E-state index in [2.05, 4.69) is 0 Å². The Labute approximate surface area is 204 Å². The van der Waals surface area contributed by atoms with E-state index in [-0.39, 0.29) is 22.3 Å². The number of hydrogen-bond donors (Lipinski definition) is 4. The Bertz CT molecular complexity index is 1600. The lowest BCUT2D eigenvalue weighted by Crippen LogP contribution is -2.04. The van der Waals surface area contributed by atoms with Gasteiger partial charge in [-0.1, -0.05) is 60.7 Å². The Morgan fingerprint density at radius 3 is 1.61 bits per heavy atom. The molecule has 0 aliphatic rings. The van der Waals surface area contributed by atoms with Crippen molar-refractivity contribution in [1.29, 1.82) is 0 Å². The predicted molar refractivity (Wildman–Crippen MR) is 133 cm³/mol. The van der Waals surface area contributed by atoms with Crippen LogP contribution in [0.2, 0.25) is 0 Å². The minimum absolute atomic E-state index is 0.136. The summed E-state index contributed by atoms with van der Waals surface area (Å²) in [6, 6.07) is 18.5. The molecule has 0 saturated carbocycles. The Hall–Kier alpha value is -5.24. The highest BCUT2D eigenvalue weighted by Gasteiger charge is 2.18. The molecule has 0 spiro atoms. The van der Waals surface area contributed by atoms with Crippen molar-refractivity contribution in [3.8, 4) is 11.1 Å². The van der Waals surface area contributed by atoms with Crippen molar-refractivity contribution in [2.45, 2.75) is 0 Å². The van der Waals surface area contributed by atoms with Gasteiger partial charge in [-0.3, -0.25) is 0 Å². The lowest BCUT2D eigenvalue weighted by molar-refractivity contribution is 0.0676. The first-order valence-corrected chi connectivity index (χ1v) is 10.6. The molecule has 4 rings (SSSR count). The summed E-state index contributed by atoms with van der Waals surface area (Å²) in [5, 5.41) is 39.1. The summed E-state index contributed by atoms with van der Waals surface area (Å²) in [4.78, 5) is 46.1. The fourth-order valence-corrected chi connectivity index (χ4v) is 3.99. The van der Waals surface area contributed by atoms with Crippen LogP contribution in [0.5, 0.6) is 0 Å². The Kier molecular flexibility index (Phi) is 6.34. The summed E-state index contributed by atoms with van der Waals surface area (Å²) in [7, 11) is 0. The quantitative estimate of drug-likeness (QED) is 0.253. The highest BCUT2D eigenvalue weighted by Crippen LogP contribution is 2.34.